The molecule has 0 aliphatic carbocycles. The van der Waals surface area contributed by atoms with E-state index in [1.807, 2.05) is 13.8 Å². The number of hydrogen-bond acceptors (Lipinski definition) is 6. The van der Waals surface area contributed by atoms with Crippen molar-refractivity contribution >= 4 is 11.9 Å². The SMILES string of the molecule is CC(C)CNC(=O)C(C)Nc1nnc(CNC(C)(C)C)o1. The van der Waals surface area contributed by atoms with Crippen LogP contribution in [0.15, 0.2) is 4.42 Å². The standard InChI is InChI=1S/C14H27N5O2/c1-9(2)7-15-12(20)10(3)17-13-19-18-11(21-13)8-16-14(4,5)6/h9-10,16H,7-8H2,1-6H3,(H,15,20)(H,17,19). The lowest BCUT2D eigenvalue weighted by atomic mass is 10.1. The van der Waals surface area contributed by atoms with Gasteiger partial charge >= 0.3 is 6.01 Å². The zero-order chi connectivity index (χ0) is 16.0. The summed E-state index contributed by atoms with van der Waals surface area (Å²) < 4.78 is 5.45. The minimum Gasteiger partial charge on any atom is -0.407 e. The van der Waals surface area contributed by atoms with Gasteiger partial charge in [0.2, 0.25) is 11.8 Å². The Balaban J connectivity index is 2.44. The maximum absolute atomic E-state index is 11.8. The number of amides is 1. The highest BCUT2D eigenvalue weighted by Crippen LogP contribution is 2.08. The van der Waals surface area contributed by atoms with Crippen LogP contribution >= 0.6 is 0 Å². The Labute approximate surface area is 126 Å². The number of carbonyl (C=O) groups excluding carboxylic acids is 1. The van der Waals surface area contributed by atoms with Gasteiger partial charge in [-0.25, -0.2) is 0 Å². The maximum Gasteiger partial charge on any atom is 0.316 e. The van der Waals surface area contributed by atoms with Crippen LogP contribution in [0.3, 0.4) is 0 Å². The Morgan fingerprint density at radius 2 is 1.90 bits per heavy atom. The molecule has 120 valence electrons. The van der Waals surface area contributed by atoms with Crippen LogP contribution in [0.1, 0.15) is 47.4 Å². The molecule has 1 unspecified atom stereocenters. The molecule has 0 saturated carbocycles. The van der Waals surface area contributed by atoms with Gasteiger partial charge in [0, 0.05) is 12.1 Å². The number of carbonyl (C=O) groups is 1. The third-order valence-electron chi connectivity index (χ3n) is 2.65. The minimum absolute atomic E-state index is 0.0217. The second-order valence-electron chi connectivity index (χ2n) is 6.61. The Bertz CT molecular complexity index is 450. The first-order valence-electron chi connectivity index (χ1n) is 7.29. The van der Waals surface area contributed by atoms with Crippen molar-refractivity contribution in [1.82, 2.24) is 20.8 Å². The molecule has 1 rings (SSSR count). The molecular weight excluding hydrogens is 270 g/mol. The van der Waals surface area contributed by atoms with E-state index < -0.39 is 6.04 Å². The molecule has 0 aliphatic rings. The number of aromatic nitrogens is 2. The molecule has 7 nitrogen and oxygen atoms in total. The fourth-order valence-electron chi connectivity index (χ4n) is 1.43. The van der Waals surface area contributed by atoms with Crippen LogP contribution in [-0.2, 0) is 11.3 Å². The number of nitrogens with one attached hydrogen (secondary N) is 3. The molecule has 1 atom stereocenters. The van der Waals surface area contributed by atoms with Crippen LogP contribution < -0.4 is 16.0 Å². The van der Waals surface area contributed by atoms with E-state index in [0.717, 1.165) is 0 Å². The van der Waals surface area contributed by atoms with E-state index >= 15 is 0 Å². The average Bonchev–Trinajstić information content (AvgIpc) is 2.80. The fraction of sp³-hybridized carbons (Fsp3) is 0.786. The second-order valence-corrected chi connectivity index (χ2v) is 6.61. The smallest absolute Gasteiger partial charge is 0.316 e. The lowest BCUT2D eigenvalue weighted by Crippen LogP contribution is -2.39. The first kappa shape index (κ1) is 17.4. The van der Waals surface area contributed by atoms with Gasteiger partial charge in [-0.05, 0) is 33.6 Å². The van der Waals surface area contributed by atoms with Crippen molar-refractivity contribution in [3.05, 3.63) is 5.89 Å². The third-order valence-corrected chi connectivity index (χ3v) is 2.65. The van der Waals surface area contributed by atoms with Gasteiger partial charge in [-0.1, -0.05) is 18.9 Å². The van der Waals surface area contributed by atoms with E-state index in [0.29, 0.717) is 24.9 Å². The Morgan fingerprint density at radius 3 is 2.48 bits per heavy atom. The normalized spacial score (nSPS) is 13.3. The van der Waals surface area contributed by atoms with Crippen LogP contribution in [-0.4, -0.2) is 34.2 Å². The van der Waals surface area contributed by atoms with E-state index in [-0.39, 0.29) is 17.5 Å². The molecule has 0 spiro atoms. The molecule has 7 heteroatoms. The summed E-state index contributed by atoms with van der Waals surface area (Å²) in [5, 5.41) is 16.8. The van der Waals surface area contributed by atoms with Crippen LogP contribution in [0, 0.1) is 5.92 Å². The molecule has 1 heterocycles. The predicted octanol–water partition coefficient (Wildman–Crippen LogP) is 1.53. The minimum atomic E-state index is -0.423. The molecule has 1 aromatic rings. The molecule has 0 aliphatic heterocycles. The van der Waals surface area contributed by atoms with Crippen LogP contribution in [0.5, 0.6) is 0 Å². The van der Waals surface area contributed by atoms with Gasteiger partial charge in [-0.15, -0.1) is 5.10 Å². The van der Waals surface area contributed by atoms with Gasteiger partial charge in [-0.2, -0.15) is 0 Å². The van der Waals surface area contributed by atoms with Crippen molar-refractivity contribution in [3.63, 3.8) is 0 Å². The van der Waals surface area contributed by atoms with Gasteiger partial charge in [0.15, 0.2) is 0 Å². The highest BCUT2D eigenvalue weighted by atomic mass is 16.4. The molecule has 0 radical (unpaired) electrons. The predicted molar refractivity (Wildman–Crippen MR) is 81.8 cm³/mol. The molecule has 21 heavy (non-hydrogen) atoms. The molecule has 1 amide bonds. The van der Waals surface area contributed by atoms with Crippen LogP contribution in [0.2, 0.25) is 0 Å². The molecule has 3 N–H and O–H groups in total. The van der Waals surface area contributed by atoms with Crippen molar-refractivity contribution in [2.24, 2.45) is 5.92 Å². The number of anilines is 1. The Morgan fingerprint density at radius 1 is 1.24 bits per heavy atom. The average molecular weight is 297 g/mol. The molecule has 0 saturated heterocycles. The summed E-state index contributed by atoms with van der Waals surface area (Å²) in [7, 11) is 0. The van der Waals surface area contributed by atoms with Crippen LogP contribution in [0.4, 0.5) is 6.01 Å². The lowest BCUT2D eigenvalue weighted by Gasteiger charge is -2.18. The quantitative estimate of drug-likeness (QED) is 0.707. The second kappa shape index (κ2) is 7.40. The number of rotatable bonds is 7. The summed E-state index contributed by atoms with van der Waals surface area (Å²) in [6.45, 7) is 13.2. The van der Waals surface area contributed by atoms with E-state index in [2.05, 4.69) is 46.9 Å². The van der Waals surface area contributed by atoms with Crippen molar-refractivity contribution < 1.29 is 9.21 Å². The van der Waals surface area contributed by atoms with Gasteiger partial charge < -0.3 is 20.4 Å². The van der Waals surface area contributed by atoms with E-state index in [4.69, 9.17) is 4.42 Å². The maximum atomic E-state index is 11.8. The van der Waals surface area contributed by atoms with E-state index in [1.54, 1.807) is 6.92 Å². The van der Waals surface area contributed by atoms with Gasteiger partial charge in [0.05, 0.1) is 6.54 Å². The molecular formula is C14H27N5O2. The van der Waals surface area contributed by atoms with E-state index in [1.165, 1.54) is 0 Å². The van der Waals surface area contributed by atoms with Crippen LogP contribution in [0.25, 0.3) is 0 Å². The fourth-order valence-corrected chi connectivity index (χ4v) is 1.43. The topological polar surface area (TPSA) is 92.1 Å². The molecule has 0 bridgehead atoms. The van der Waals surface area contributed by atoms with Gasteiger partial charge in [-0.3, -0.25) is 4.79 Å². The highest BCUT2D eigenvalue weighted by Gasteiger charge is 2.17. The zero-order valence-corrected chi connectivity index (χ0v) is 13.8. The van der Waals surface area contributed by atoms with Gasteiger partial charge in [0.1, 0.15) is 6.04 Å². The molecule has 0 aromatic carbocycles. The Kier molecular flexibility index (Phi) is 6.14. The molecule has 0 fully saturated rings. The van der Waals surface area contributed by atoms with Crippen molar-refractivity contribution in [2.45, 2.75) is 59.7 Å². The van der Waals surface area contributed by atoms with E-state index in [9.17, 15) is 4.79 Å². The van der Waals surface area contributed by atoms with Crippen molar-refractivity contribution in [3.8, 4) is 0 Å². The largest absolute Gasteiger partial charge is 0.407 e. The third kappa shape index (κ3) is 7.08. The molecule has 1 aromatic heterocycles. The summed E-state index contributed by atoms with van der Waals surface area (Å²) in [6.07, 6.45) is 0. The highest BCUT2D eigenvalue weighted by molar-refractivity contribution is 5.83. The zero-order valence-electron chi connectivity index (χ0n) is 13.8. The first-order valence-corrected chi connectivity index (χ1v) is 7.29. The van der Waals surface area contributed by atoms with Gasteiger partial charge in [0.25, 0.3) is 0 Å². The monoisotopic (exact) mass is 297 g/mol. The Hall–Kier alpha value is -1.63. The van der Waals surface area contributed by atoms with Crippen molar-refractivity contribution in [1.29, 1.82) is 0 Å². The summed E-state index contributed by atoms with van der Waals surface area (Å²) in [5.41, 5.74) is -0.0217. The lowest BCUT2D eigenvalue weighted by molar-refractivity contribution is -0.121. The summed E-state index contributed by atoms with van der Waals surface area (Å²) in [4.78, 5) is 11.8. The number of nitrogens with zero attached hydrogens (tertiary/aromatic N) is 2. The number of hydrogen-bond donors (Lipinski definition) is 3. The summed E-state index contributed by atoms with van der Waals surface area (Å²) in [6, 6.07) is -0.166. The van der Waals surface area contributed by atoms with Crippen molar-refractivity contribution in [2.75, 3.05) is 11.9 Å². The summed E-state index contributed by atoms with van der Waals surface area (Å²) >= 11 is 0. The first-order chi connectivity index (χ1) is 9.67. The summed E-state index contributed by atoms with van der Waals surface area (Å²) in [5.74, 6) is 0.818.